The van der Waals surface area contributed by atoms with Crippen molar-refractivity contribution in [3.8, 4) is 0 Å². The zero-order valence-electron chi connectivity index (χ0n) is 10.6. The van der Waals surface area contributed by atoms with E-state index in [2.05, 4.69) is 27.2 Å². The van der Waals surface area contributed by atoms with Crippen molar-refractivity contribution in [3.05, 3.63) is 11.9 Å². The molecule has 1 fully saturated rings. The molecule has 0 aliphatic carbocycles. The minimum atomic E-state index is 0.539. The summed E-state index contributed by atoms with van der Waals surface area (Å²) in [6.07, 6.45) is 5.09. The van der Waals surface area contributed by atoms with Gasteiger partial charge in [0.25, 0.3) is 0 Å². The fraction of sp³-hybridized carbons (Fsp3) is 0.667. The summed E-state index contributed by atoms with van der Waals surface area (Å²) in [5, 5.41) is 0. The van der Waals surface area contributed by atoms with Crippen LogP contribution in [0.5, 0.6) is 0 Å². The van der Waals surface area contributed by atoms with Gasteiger partial charge >= 0.3 is 0 Å². The van der Waals surface area contributed by atoms with Crippen molar-refractivity contribution in [2.45, 2.75) is 45.6 Å². The Labute approximate surface area is 102 Å². The summed E-state index contributed by atoms with van der Waals surface area (Å²) in [6, 6.07) is 2.46. The number of hydrogen-bond acceptors (Lipinski definition) is 5. The zero-order valence-corrected chi connectivity index (χ0v) is 10.6. The van der Waals surface area contributed by atoms with E-state index in [4.69, 9.17) is 5.84 Å². The minimum Gasteiger partial charge on any atom is -0.354 e. The molecule has 1 saturated heterocycles. The van der Waals surface area contributed by atoms with Gasteiger partial charge in [0, 0.05) is 18.7 Å². The normalized spacial score (nSPS) is 21.1. The van der Waals surface area contributed by atoms with Crippen LogP contribution in [0.1, 0.15) is 38.4 Å². The lowest BCUT2D eigenvalue weighted by Crippen LogP contribution is -2.33. The Bertz CT molecular complexity index is 379. The van der Waals surface area contributed by atoms with Gasteiger partial charge in [0.15, 0.2) is 0 Å². The van der Waals surface area contributed by atoms with Gasteiger partial charge in [-0.3, -0.25) is 0 Å². The van der Waals surface area contributed by atoms with E-state index in [9.17, 15) is 0 Å². The van der Waals surface area contributed by atoms with Gasteiger partial charge in [-0.2, -0.15) is 0 Å². The molecule has 1 aliphatic heterocycles. The van der Waals surface area contributed by atoms with Crippen LogP contribution >= 0.6 is 0 Å². The summed E-state index contributed by atoms with van der Waals surface area (Å²) < 4.78 is 0. The molecule has 1 atom stereocenters. The van der Waals surface area contributed by atoms with E-state index < -0.39 is 0 Å². The Morgan fingerprint density at radius 3 is 2.94 bits per heavy atom. The molecule has 2 rings (SSSR count). The molecule has 0 spiro atoms. The monoisotopic (exact) mass is 235 g/mol. The standard InChI is InChI=1S/C12H21N5/c1-9-6-4-3-5-7-17(9)12-8-11(16-13)14-10(2)15-12/h8-9H,3-7,13H2,1-2H3,(H,14,15,16). The van der Waals surface area contributed by atoms with Gasteiger partial charge in [0.1, 0.15) is 17.5 Å². The van der Waals surface area contributed by atoms with Crippen LogP contribution in [0.15, 0.2) is 6.07 Å². The second-order valence-corrected chi connectivity index (χ2v) is 4.69. The summed E-state index contributed by atoms with van der Waals surface area (Å²) in [4.78, 5) is 11.1. The summed E-state index contributed by atoms with van der Waals surface area (Å²) >= 11 is 0. The van der Waals surface area contributed by atoms with E-state index in [0.717, 1.165) is 18.2 Å². The smallest absolute Gasteiger partial charge is 0.145 e. The molecule has 2 heterocycles. The first kappa shape index (κ1) is 12.1. The molecule has 0 radical (unpaired) electrons. The molecule has 94 valence electrons. The number of nitrogens with one attached hydrogen (secondary N) is 1. The maximum atomic E-state index is 5.42. The minimum absolute atomic E-state index is 0.539. The van der Waals surface area contributed by atoms with Crippen molar-refractivity contribution in [1.82, 2.24) is 9.97 Å². The highest BCUT2D eigenvalue weighted by atomic mass is 15.3. The third-order valence-electron chi connectivity index (χ3n) is 3.32. The fourth-order valence-electron chi connectivity index (χ4n) is 2.39. The number of nitrogens with zero attached hydrogens (tertiary/aromatic N) is 3. The predicted molar refractivity (Wildman–Crippen MR) is 69.9 cm³/mol. The average Bonchev–Trinajstić information content (AvgIpc) is 2.53. The number of nitrogen functional groups attached to an aromatic ring is 1. The van der Waals surface area contributed by atoms with Crippen molar-refractivity contribution in [2.75, 3.05) is 16.9 Å². The number of nitrogens with two attached hydrogens (primary N) is 1. The summed E-state index contributed by atoms with van der Waals surface area (Å²) in [5.41, 5.74) is 2.60. The molecule has 1 unspecified atom stereocenters. The third-order valence-corrected chi connectivity index (χ3v) is 3.32. The third kappa shape index (κ3) is 2.85. The van der Waals surface area contributed by atoms with Gasteiger partial charge in [-0.1, -0.05) is 12.8 Å². The molecule has 0 amide bonds. The van der Waals surface area contributed by atoms with Crippen LogP contribution in [0.4, 0.5) is 11.6 Å². The average molecular weight is 235 g/mol. The van der Waals surface area contributed by atoms with E-state index in [1.165, 1.54) is 25.7 Å². The molecule has 5 nitrogen and oxygen atoms in total. The van der Waals surface area contributed by atoms with Crippen LogP contribution in [0, 0.1) is 6.92 Å². The first-order valence-corrected chi connectivity index (χ1v) is 6.29. The van der Waals surface area contributed by atoms with Crippen molar-refractivity contribution >= 4 is 11.6 Å². The molecule has 0 bridgehead atoms. The van der Waals surface area contributed by atoms with Crippen LogP contribution in [0.3, 0.4) is 0 Å². The molecule has 1 aromatic heterocycles. The van der Waals surface area contributed by atoms with E-state index in [0.29, 0.717) is 11.9 Å². The molecule has 0 aromatic carbocycles. The highest BCUT2D eigenvalue weighted by Crippen LogP contribution is 2.23. The van der Waals surface area contributed by atoms with Crippen molar-refractivity contribution < 1.29 is 0 Å². The SMILES string of the molecule is Cc1nc(NN)cc(N2CCCCCC2C)n1. The van der Waals surface area contributed by atoms with Gasteiger partial charge in [0.05, 0.1) is 0 Å². The van der Waals surface area contributed by atoms with Crippen molar-refractivity contribution in [1.29, 1.82) is 0 Å². The van der Waals surface area contributed by atoms with E-state index in [1.807, 2.05) is 13.0 Å². The number of anilines is 2. The Morgan fingerprint density at radius 1 is 1.35 bits per heavy atom. The summed E-state index contributed by atoms with van der Waals surface area (Å²) in [7, 11) is 0. The molecular formula is C12H21N5. The Hall–Kier alpha value is -1.36. The van der Waals surface area contributed by atoms with Crippen LogP contribution < -0.4 is 16.2 Å². The molecule has 0 saturated carbocycles. The zero-order chi connectivity index (χ0) is 12.3. The first-order chi connectivity index (χ1) is 8.20. The highest BCUT2D eigenvalue weighted by Gasteiger charge is 2.19. The number of rotatable bonds is 2. The van der Waals surface area contributed by atoms with Gasteiger partial charge in [-0.05, 0) is 26.7 Å². The van der Waals surface area contributed by atoms with Crippen LogP contribution in [0.25, 0.3) is 0 Å². The number of aryl methyl sites for hydroxylation is 1. The van der Waals surface area contributed by atoms with Crippen molar-refractivity contribution in [3.63, 3.8) is 0 Å². The Kier molecular flexibility index (Phi) is 3.78. The lowest BCUT2D eigenvalue weighted by atomic mass is 10.1. The maximum Gasteiger partial charge on any atom is 0.145 e. The van der Waals surface area contributed by atoms with Crippen LogP contribution in [-0.2, 0) is 0 Å². The van der Waals surface area contributed by atoms with Crippen LogP contribution in [0.2, 0.25) is 0 Å². The van der Waals surface area contributed by atoms with Gasteiger partial charge in [-0.15, -0.1) is 0 Å². The highest BCUT2D eigenvalue weighted by molar-refractivity contribution is 5.49. The Morgan fingerprint density at radius 2 is 2.18 bits per heavy atom. The molecule has 5 heteroatoms. The molecule has 3 N–H and O–H groups in total. The van der Waals surface area contributed by atoms with Crippen molar-refractivity contribution in [2.24, 2.45) is 5.84 Å². The maximum absolute atomic E-state index is 5.42. The van der Waals surface area contributed by atoms with E-state index in [1.54, 1.807) is 0 Å². The van der Waals surface area contributed by atoms with Gasteiger partial charge < -0.3 is 10.3 Å². The summed E-state index contributed by atoms with van der Waals surface area (Å²) in [6.45, 7) is 5.23. The largest absolute Gasteiger partial charge is 0.354 e. The molecular weight excluding hydrogens is 214 g/mol. The summed E-state index contributed by atoms with van der Waals surface area (Å²) in [5.74, 6) is 7.85. The van der Waals surface area contributed by atoms with E-state index in [-0.39, 0.29) is 0 Å². The second-order valence-electron chi connectivity index (χ2n) is 4.69. The van der Waals surface area contributed by atoms with Crippen LogP contribution in [-0.4, -0.2) is 22.6 Å². The van der Waals surface area contributed by atoms with E-state index >= 15 is 0 Å². The second kappa shape index (κ2) is 5.31. The quantitative estimate of drug-likeness (QED) is 0.605. The first-order valence-electron chi connectivity index (χ1n) is 6.29. The molecule has 17 heavy (non-hydrogen) atoms. The number of hydrogen-bond donors (Lipinski definition) is 2. The molecule has 1 aromatic rings. The number of aromatic nitrogens is 2. The fourth-order valence-corrected chi connectivity index (χ4v) is 2.39. The predicted octanol–water partition coefficient (Wildman–Crippen LogP) is 1.84. The lowest BCUT2D eigenvalue weighted by Gasteiger charge is -2.28. The molecule has 1 aliphatic rings. The van der Waals surface area contributed by atoms with Gasteiger partial charge in [0.2, 0.25) is 0 Å². The number of hydrazine groups is 1. The lowest BCUT2D eigenvalue weighted by molar-refractivity contribution is 0.610. The topological polar surface area (TPSA) is 67.1 Å². The Balaban J connectivity index is 2.27. The van der Waals surface area contributed by atoms with Gasteiger partial charge in [-0.25, -0.2) is 15.8 Å².